The maximum absolute atomic E-state index is 11.6. The molecule has 0 saturated heterocycles. The van der Waals surface area contributed by atoms with Gasteiger partial charge in [-0.15, -0.1) is 6.42 Å². The molecule has 0 spiro atoms. The molecule has 0 bridgehead atoms. The Balaban J connectivity index is 2.29. The van der Waals surface area contributed by atoms with Crippen molar-refractivity contribution < 1.29 is 14.6 Å². The second-order valence-electron chi connectivity index (χ2n) is 4.65. The minimum absolute atomic E-state index is 0.143. The number of benzene rings is 2. The van der Waals surface area contributed by atoms with Crippen LogP contribution in [0.4, 0.5) is 0 Å². The molecular weight excluding hydrogens is 266 g/mol. The average molecular weight is 283 g/mol. The van der Waals surface area contributed by atoms with Crippen LogP contribution in [-0.4, -0.2) is 24.2 Å². The number of carbonyl (C=O) groups excluding carboxylic acids is 1. The molecule has 4 nitrogen and oxygen atoms in total. The van der Waals surface area contributed by atoms with Crippen molar-refractivity contribution in [2.24, 2.45) is 0 Å². The van der Waals surface area contributed by atoms with E-state index in [0.29, 0.717) is 11.3 Å². The number of nitrogens with one attached hydrogen (secondary N) is 1. The first-order chi connectivity index (χ1) is 10.1. The third-order valence-corrected chi connectivity index (χ3v) is 3.10. The number of hydrogen-bond donors (Lipinski definition) is 2. The van der Waals surface area contributed by atoms with E-state index in [9.17, 15) is 9.90 Å². The second-order valence-corrected chi connectivity index (χ2v) is 4.65. The molecule has 1 atom stereocenters. The van der Waals surface area contributed by atoms with Gasteiger partial charge in [-0.2, -0.15) is 0 Å². The molecule has 1 amide bonds. The first-order valence-corrected chi connectivity index (χ1v) is 6.66. The number of rotatable bonds is 5. The van der Waals surface area contributed by atoms with Crippen LogP contribution in [0.15, 0.2) is 36.4 Å². The Morgan fingerprint density at radius 3 is 2.86 bits per heavy atom. The number of hydrogen-bond acceptors (Lipinski definition) is 3. The van der Waals surface area contributed by atoms with E-state index in [1.165, 1.54) is 0 Å². The van der Waals surface area contributed by atoms with Gasteiger partial charge in [-0.3, -0.25) is 4.79 Å². The highest BCUT2D eigenvalue weighted by atomic mass is 16.5. The van der Waals surface area contributed by atoms with Crippen molar-refractivity contribution in [2.45, 2.75) is 13.0 Å². The summed E-state index contributed by atoms with van der Waals surface area (Å²) in [6.45, 7) is 1.69. The Morgan fingerprint density at radius 1 is 1.38 bits per heavy atom. The fourth-order valence-corrected chi connectivity index (χ4v) is 2.09. The lowest BCUT2D eigenvalue weighted by Gasteiger charge is -2.16. The standard InChI is InChI=1S/C17H17NO3/c1-3-10-18-16(20)11-21-17-14(12(2)19)9-8-13-6-4-5-7-15(13)17/h1,4-9,12,19H,10-11H2,2H3,(H,18,20)/t12-/m1/s1. The van der Waals surface area contributed by atoms with Crippen LogP contribution in [0.3, 0.4) is 0 Å². The summed E-state index contributed by atoms with van der Waals surface area (Å²) < 4.78 is 5.63. The molecule has 0 radical (unpaired) electrons. The molecule has 2 rings (SSSR count). The lowest BCUT2D eigenvalue weighted by Crippen LogP contribution is -2.29. The monoisotopic (exact) mass is 283 g/mol. The quantitative estimate of drug-likeness (QED) is 0.825. The molecule has 0 aliphatic heterocycles. The molecule has 2 N–H and O–H groups in total. The summed E-state index contributed by atoms with van der Waals surface area (Å²) in [5.74, 6) is 2.56. The largest absolute Gasteiger partial charge is 0.483 e. The molecule has 0 aliphatic carbocycles. The van der Waals surface area contributed by atoms with Gasteiger partial charge in [0.2, 0.25) is 0 Å². The van der Waals surface area contributed by atoms with Crippen molar-refractivity contribution in [1.82, 2.24) is 5.32 Å². The van der Waals surface area contributed by atoms with Gasteiger partial charge in [0, 0.05) is 10.9 Å². The first-order valence-electron chi connectivity index (χ1n) is 6.66. The number of amides is 1. The molecule has 0 fully saturated rings. The second kappa shape index (κ2) is 6.78. The number of carbonyl (C=O) groups is 1. The van der Waals surface area contributed by atoms with E-state index in [1.807, 2.05) is 36.4 Å². The van der Waals surface area contributed by atoms with Crippen LogP contribution < -0.4 is 10.1 Å². The van der Waals surface area contributed by atoms with Gasteiger partial charge in [0.25, 0.3) is 5.91 Å². The normalized spacial score (nSPS) is 11.7. The van der Waals surface area contributed by atoms with Gasteiger partial charge in [-0.05, 0) is 12.3 Å². The topological polar surface area (TPSA) is 58.6 Å². The van der Waals surface area contributed by atoms with Crippen LogP contribution in [0.5, 0.6) is 5.75 Å². The Hall–Kier alpha value is -2.51. The molecule has 0 aliphatic rings. The number of aliphatic hydroxyl groups is 1. The van der Waals surface area contributed by atoms with Crippen molar-refractivity contribution in [3.05, 3.63) is 42.0 Å². The zero-order chi connectivity index (χ0) is 15.2. The predicted molar refractivity (Wildman–Crippen MR) is 81.9 cm³/mol. The highest BCUT2D eigenvalue weighted by Gasteiger charge is 2.14. The minimum Gasteiger partial charge on any atom is -0.483 e. The number of aliphatic hydroxyl groups excluding tert-OH is 1. The zero-order valence-electron chi connectivity index (χ0n) is 11.8. The van der Waals surface area contributed by atoms with Crippen LogP contribution in [0.2, 0.25) is 0 Å². The molecule has 0 saturated carbocycles. The van der Waals surface area contributed by atoms with Crippen LogP contribution in [-0.2, 0) is 4.79 Å². The minimum atomic E-state index is -0.682. The van der Waals surface area contributed by atoms with E-state index < -0.39 is 6.10 Å². The van der Waals surface area contributed by atoms with Crippen molar-refractivity contribution in [3.8, 4) is 18.1 Å². The Labute approximate surface area is 123 Å². The maximum atomic E-state index is 11.6. The van der Waals surface area contributed by atoms with Crippen molar-refractivity contribution in [1.29, 1.82) is 0 Å². The molecule has 2 aromatic rings. The molecular formula is C17H17NO3. The molecule has 2 aromatic carbocycles. The molecule has 108 valence electrons. The van der Waals surface area contributed by atoms with Gasteiger partial charge in [0.05, 0.1) is 12.6 Å². The highest BCUT2D eigenvalue weighted by molar-refractivity contribution is 5.90. The summed E-state index contributed by atoms with van der Waals surface area (Å²) in [6, 6.07) is 11.4. The molecule has 0 aromatic heterocycles. The summed E-state index contributed by atoms with van der Waals surface area (Å²) in [4.78, 5) is 11.6. The van der Waals surface area contributed by atoms with Crippen molar-refractivity contribution >= 4 is 16.7 Å². The van der Waals surface area contributed by atoms with Gasteiger partial charge < -0.3 is 15.2 Å². The summed E-state index contributed by atoms with van der Waals surface area (Å²) in [7, 11) is 0. The van der Waals surface area contributed by atoms with E-state index in [0.717, 1.165) is 10.8 Å². The van der Waals surface area contributed by atoms with Crippen LogP contribution >= 0.6 is 0 Å². The molecule has 4 heteroatoms. The Kier molecular flexibility index (Phi) is 4.81. The lowest BCUT2D eigenvalue weighted by molar-refractivity contribution is -0.122. The maximum Gasteiger partial charge on any atom is 0.258 e. The van der Waals surface area contributed by atoms with Gasteiger partial charge in [-0.1, -0.05) is 42.3 Å². The van der Waals surface area contributed by atoms with Crippen LogP contribution in [0.1, 0.15) is 18.6 Å². The van der Waals surface area contributed by atoms with E-state index in [2.05, 4.69) is 11.2 Å². The van der Waals surface area contributed by atoms with Gasteiger partial charge in [-0.25, -0.2) is 0 Å². The smallest absolute Gasteiger partial charge is 0.258 e. The van der Waals surface area contributed by atoms with Crippen LogP contribution in [0, 0.1) is 12.3 Å². The van der Waals surface area contributed by atoms with E-state index in [1.54, 1.807) is 6.92 Å². The molecule has 0 heterocycles. The number of ether oxygens (including phenoxy) is 1. The van der Waals surface area contributed by atoms with Gasteiger partial charge in [0.15, 0.2) is 6.61 Å². The third kappa shape index (κ3) is 3.53. The van der Waals surface area contributed by atoms with Crippen LogP contribution in [0.25, 0.3) is 10.8 Å². The van der Waals surface area contributed by atoms with Gasteiger partial charge in [0.1, 0.15) is 5.75 Å². The van der Waals surface area contributed by atoms with E-state index in [-0.39, 0.29) is 19.1 Å². The van der Waals surface area contributed by atoms with Gasteiger partial charge >= 0.3 is 0 Å². The molecule has 21 heavy (non-hydrogen) atoms. The summed E-state index contributed by atoms with van der Waals surface area (Å²) >= 11 is 0. The fourth-order valence-electron chi connectivity index (χ4n) is 2.09. The summed E-state index contributed by atoms with van der Waals surface area (Å²) in [5.41, 5.74) is 0.651. The number of fused-ring (bicyclic) bond motifs is 1. The predicted octanol–water partition coefficient (Wildman–Crippen LogP) is 2.02. The third-order valence-electron chi connectivity index (χ3n) is 3.10. The summed E-state index contributed by atoms with van der Waals surface area (Å²) in [5, 5.41) is 14.2. The highest BCUT2D eigenvalue weighted by Crippen LogP contribution is 2.33. The average Bonchev–Trinajstić information content (AvgIpc) is 2.50. The SMILES string of the molecule is C#CCNC(=O)COc1c([C@@H](C)O)ccc2ccccc12. The van der Waals surface area contributed by atoms with Crippen molar-refractivity contribution in [2.75, 3.05) is 13.2 Å². The van der Waals surface area contributed by atoms with E-state index >= 15 is 0 Å². The lowest BCUT2D eigenvalue weighted by atomic mass is 10.0. The summed E-state index contributed by atoms with van der Waals surface area (Å²) in [6.07, 6.45) is 4.40. The first kappa shape index (κ1) is 14.9. The fraction of sp³-hybridized carbons (Fsp3) is 0.235. The Morgan fingerprint density at radius 2 is 2.14 bits per heavy atom. The zero-order valence-corrected chi connectivity index (χ0v) is 11.8. The molecule has 0 unspecified atom stereocenters. The Bertz CT molecular complexity index is 686. The van der Waals surface area contributed by atoms with Crippen molar-refractivity contribution in [3.63, 3.8) is 0 Å². The van der Waals surface area contributed by atoms with E-state index in [4.69, 9.17) is 11.2 Å². The number of terminal acetylenes is 1.